The Bertz CT molecular complexity index is 736. The Labute approximate surface area is 121 Å². The van der Waals surface area contributed by atoms with Crippen molar-refractivity contribution in [3.8, 4) is 0 Å². The molecule has 1 heterocycles. The van der Waals surface area contributed by atoms with Crippen molar-refractivity contribution in [1.29, 1.82) is 0 Å². The molecule has 0 unspecified atom stereocenters. The predicted octanol–water partition coefficient (Wildman–Crippen LogP) is 5.65. The van der Waals surface area contributed by atoms with E-state index in [4.69, 9.17) is 23.2 Å². The summed E-state index contributed by atoms with van der Waals surface area (Å²) in [5, 5.41) is 2.49. The fourth-order valence-corrected chi connectivity index (χ4v) is 2.63. The Morgan fingerprint density at radius 2 is 1.63 bits per heavy atom. The molecule has 0 aliphatic rings. The third kappa shape index (κ3) is 2.67. The van der Waals surface area contributed by atoms with Gasteiger partial charge in [-0.3, -0.25) is 0 Å². The zero-order chi connectivity index (χ0) is 13.2. The first kappa shape index (κ1) is 12.3. The van der Waals surface area contributed by atoms with Gasteiger partial charge >= 0.3 is 0 Å². The Hall–Kier alpha value is -1.70. The van der Waals surface area contributed by atoms with Crippen molar-refractivity contribution in [3.63, 3.8) is 0 Å². The van der Waals surface area contributed by atoms with Crippen LogP contribution < -0.4 is 0 Å². The van der Waals surface area contributed by atoms with Crippen LogP contribution in [-0.4, -0.2) is 4.98 Å². The molecule has 0 spiro atoms. The monoisotopic (exact) mass is 287 g/mol. The number of para-hydroxylation sites is 1. The van der Waals surface area contributed by atoms with Gasteiger partial charge in [-0.05, 0) is 35.4 Å². The van der Waals surface area contributed by atoms with E-state index in [1.165, 1.54) is 5.39 Å². The highest BCUT2D eigenvalue weighted by Crippen LogP contribution is 2.23. The van der Waals surface area contributed by atoms with Gasteiger partial charge in [-0.2, -0.15) is 0 Å². The summed E-state index contributed by atoms with van der Waals surface area (Å²) in [6, 6.07) is 13.7. The minimum Gasteiger partial charge on any atom is -0.361 e. The standard InChI is InChI=1S/C16H11Cl2N/c17-13-7-11(8-14(18)9-13)5-6-12-10-19-16-4-2-1-3-15(12)16/h1-10,19H/b6-5+. The lowest BCUT2D eigenvalue weighted by atomic mass is 10.1. The number of benzene rings is 2. The van der Waals surface area contributed by atoms with Crippen LogP contribution in [0.4, 0.5) is 0 Å². The van der Waals surface area contributed by atoms with Crippen LogP contribution in [0.2, 0.25) is 10.0 Å². The number of H-pyrrole nitrogens is 1. The number of hydrogen-bond donors (Lipinski definition) is 1. The Morgan fingerprint density at radius 1 is 0.895 bits per heavy atom. The summed E-state index contributed by atoms with van der Waals surface area (Å²) in [7, 11) is 0. The van der Waals surface area contributed by atoms with Crippen molar-refractivity contribution in [2.24, 2.45) is 0 Å². The van der Waals surface area contributed by atoms with Crippen molar-refractivity contribution < 1.29 is 0 Å². The molecule has 3 aromatic rings. The summed E-state index contributed by atoms with van der Waals surface area (Å²) in [6.07, 6.45) is 6.06. The van der Waals surface area contributed by atoms with E-state index in [1.54, 1.807) is 6.07 Å². The molecular weight excluding hydrogens is 277 g/mol. The van der Waals surface area contributed by atoms with Gasteiger partial charge in [0.05, 0.1) is 0 Å². The lowest BCUT2D eigenvalue weighted by Crippen LogP contribution is -1.74. The second-order valence-electron chi connectivity index (χ2n) is 4.33. The predicted molar refractivity (Wildman–Crippen MR) is 83.7 cm³/mol. The second kappa shape index (κ2) is 5.12. The molecule has 0 saturated heterocycles. The maximum atomic E-state index is 5.98. The van der Waals surface area contributed by atoms with Gasteiger partial charge in [0.1, 0.15) is 0 Å². The fourth-order valence-electron chi connectivity index (χ4n) is 2.09. The SMILES string of the molecule is Clc1cc(Cl)cc(/C=C/c2c[nH]c3ccccc23)c1. The van der Waals surface area contributed by atoms with Gasteiger partial charge < -0.3 is 4.98 Å². The number of aromatic amines is 1. The molecule has 2 aromatic carbocycles. The molecule has 0 saturated carbocycles. The minimum atomic E-state index is 0.645. The maximum absolute atomic E-state index is 5.98. The molecule has 0 atom stereocenters. The third-order valence-electron chi connectivity index (χ3n) is 2.96. The lowest BCUT2D eigenvalue weighted by Gasteiger charge is -1.97. The summed E-state index contributed by atoms with van der Waals surface area (Å²) >= 11 is 12.0. The Kier molecular flexibility index (Phi) is 3.33. The minimum absolute atomic E-state index is 0.645. The Balaban J connectivity index is 1.98. The van der Waals surface area contributed by atoms with E-state index in [9.17, 15) is 0 Å². The average Bonchev–Trinajstić information content (AvgIpc) is 2.78. The first-order valence-electron chi connectivity index (χ1n) is 5.93. The van der Waals surface area contributed by atoms with E-state index >= 15 is 0 Å². The second-order valence-corrected chi connectivity index (χ2v) is 5.20. The molecular formula is C16H11Cl2N. The van der Waals surface area contributed by atoms with Crippen molar-refractivity contribution in [1.82, 2.24) is 4.98 Å². The van der Waals surface area contributed by atoms with Gasteiger partial charge in [-0.25, -0.2) is 0 Å². The van der Waals surface area contributed by atoms with Crippen LogP contribution in [0.1, 0.15) is 11.1 Å². The maximum Gasteiger partial charge on any atom is 0.0460 e. The van der Waals surface area contributed by atoms with Crippen molar-refractivity contribution in [2.75, 3.05) is 0 Å². The molecule has 1 N–H and O–H groups in total. The number of aromatic nitrogens is 1. The summed E-state index contributed by atoms with van der Waals surface area (Å²) in [6.45, 7) is 0. The summed E-state index contributed by atoms with van der Waals surface area (Å²) in [5.41, 5.74) is 3.26. The normalized spacial score (nSPS) is 11.5. The molecule has 3 rings (SSSR count). The van der Waals surface area contributed by atoms with Crippen LogP contribution in [0.25, 0.3) is 23.1 Å². The van der Waals surface area contributed by atoms with Gasteiger partial charge in [0.2, 0.25) is 0 Å². The third-order valence-corrected chi connectivity index (χ3v) is 3.40. The van der Waals surface area contributed by atoms with E-state index in [-0.39, 0.29) is 0 Å². The number of nitrogens with one attached hydrogen (secondary N) is 1. The molecule has 0 bridgehead atoms. The summed E-state index contributed by atoms with van der Waals surface area (Å²) in [5.74, 6) is 0. The number of fused-ring (bicyclic) bond motifs is 1. The van der Waals surface area contributed by atoms with Gasteiger partial charge in [-0.15, -0.1) is 0 Å². The van der Waals surface area contributed by atoms with Crippen molar-refractivity contribution >= 4 is 46.3 Å². The van der Waals surface area contributed by atoms with Crippen LogP contribution >= 0.6 is 23.2 Å². The van der Waals surface area contributed by atoms with Crippen molar-refractivity contribution in [2.45, 2.75) is 0 Å². The van der Waals surface area contributed by atoms with Gasteiger partial charge in [0.25, 0.3) is 0 Å². The van der Waals surface area contributed by atoms with E-state index in [1.807, 2.05) is 36.5 Å². The molecule has 0 amide bonds. The van der Waals surface area contributed by atoms with Crippen molar-refractivity contribution in [3.05, 3.63) is 69.8 Å². The molecule has 0 radical (unpaired) electrons. The number of hydrogen-bond acceptors (Lipinski definition) is 0. The van der Waals surface area contributed by atoms with Crippen LogP contribution in [0, 0.1) is 0 Å². The molecule has 3 heteroatoms. The first-order chi connectivity index (χ1) is 9.22. The number of rotatable bonds is 2. The fraction of sp³-hybridized carbons (Fsp3) is 0. The van der Waals surface area contributed by atoms with Crippen LogP contribution in [-0.2, 0) is 0 Å². The van der Waals surface area contributed by atoms with Gasteiger partial charge in [0, 0.05) is 27.1 Å². The molecule has 0 aliphatic heterocycles. The highest BCUT2D eigenvalue weighted by molar-refractivity contribution is 6.34. The highest BCUT2D eigenvalue weighted by Gasteiger charge is 1.99. The largest absolute Gasteiger partial charge is 0.361 e. The van der Waals surface area contributed by atoms with Crippen LogP contribution in [0.5, 0.6) is 0 Å². The molecule has 1 nitrogen and oxygen atoms in total. The molecule has 94 valence electrons. The first-order valence-corrected chi connectivity index (χ1v) is 6.68. The summed E-state index contributed by atoms with van der Waals surface area (Å²) in [4.78, 5) is 3.24. The Morgan fingerprint density at radius 3 is 2.42 bits per heavy atom. The molecule has 1 aromatic heterocycles. The van der Waals surface area contributed by atoms with E-state index in [0.29, 0.717) is 10.0 Å². The summed E-state index contributed by atoms with van der Waals surface area (Å²) < 4.78 is 0. The highest BCUT2D eigenvalue weighted by atomic mass is 35.5. The van der Waals surface area contributed by atoms with E-state index in [0.717, 1.165) is 16.6 Å². The zero-order valence-electron chi connectivity index (χ0n) is 10.0. The smallest absolute Gasteiger partial charge is 0.0460 e. The zero-order valence-corrected chi connectivity index (χ0v) is 11.5. The quantitative estimate of drug-likeness (QED) is 0.627. The van der Waals surface area contributed by atoms with Gasteiger partial charge in [-0.1, -0.05) is 53.6 Å². The van der Waals surface area contributed by atoms with E-state index in [2.05, 4.69) is 23.2 Å². The molecule has 0 aliphatic carbocycles. The van der Waals surface area contributed by atoms with Crippen LogP contribution in [0.3, 0.4) is 0 Å². The topological polar surface area (TPSA) is 15.8 Å². The molecule has 0 fully saturated rings. The molecule has 19 heavy (non-hydrogen) atoms. The lowest BCUT2D eigenvalue weighted by molar-refractivity contribution is 1.47. The van der Waals surface area contributed by atoms with Crippen LogP contribution in [0.15, 0.2) is 48.7 Å². The van der Waals surface area contributed by atoms with E-state index < -0.39 is 0 Å². The van der Waals surface area contributed by atoms with Gasteiger partial charge in [0.15, 0.2) is 0 Å². The number of halogens is 2. The average molecular weight is 288 g/mol.